The summed E-state index contributed by atoms with van der Waals surface area (Å²) in [5.41, 5.74) is 1.58. The Labute approximate surface area is 148 Å². The van der Waals surface area contributed by atoms with Crippen molar-refractivity contribution in [1.29, 1.82) is 0 Å². The SMILES string of the molecule is COC(=O)C1CCCCC1CNC(=O)Cc1ccc(NC(C)=O)cc1. The van der Waals surface area contributed by atoms with Crippen LogP contribution in [0.4, 0.5) is 5.69 Å². The number of anilines is 1. The highest BCUT2D eigenvalue weighted by molar-refractivity contribution is 5.88. The first-order valence-electron chi connectivity index (χ1n) is 8.70. The normalized spacial score (nSPS) is 19.8. The first-order valence-corrected chi connectivity index (χ1v) is 8.70. The zero-order chi connectivity index (χ0) is 18.2. The molecule has 6 nitrogen and oxygen atoms in total. The van der Waals surface area contributed by atoms with Gasteiger partial charge in [-0.15, -0.1) is 0 Å². The summed E-state index contributed by atoms with van der Waals surface area (Å²) in [5, 5.41) is 5.63. The molecule has 1 aromatic carbocycles. The molecule has 0 saturated heterocycles. The number of carbonyl (C=O) groups is 3. The highest BCUT2D eigenvalue weighted by Crippen LogP contribution is 2.30. The van der Waals surface area contributed by atoms with E-state index in [4.69, 9.17) is 4.74 Å². The van der Waals surface area contributed by atoms with Crippen molar-refractivity contribution in [2.24, 2.45) is 11.8 Å². The third kappa shape index (κ3) is 5.89. The molecule has 0 heterocycles. The van der Waals surface area contributed by atoms with Gasteiger partial charge in [-0.3, -0.25) is 14.4 Å². The van der Waals surface area contributed by atoms with Gasteiger partial charge in [-0.05, 0) is 36.5 Å². The van der Waals surface area contributed by atoms with Crippen LogP contribution >= 0.6 is 0 Å². The van der Waals surface area contributed by atoms with Crippen LogP contribution in [0, 0.1) is 11.8 Å². The van der Waals surface area contributed by atoms with E-state index in [-0.39, 0.29) is 36.0 Å². The van der Waals surface area contributed by atoms with Gasteiger partial charge in [0.2, 0.25) is 11.8 Å². The molecule has 6 heteroatoms. The van der Waals surface area contributed by atoms with E-state index < -0.39 is 0 Å². The fraction of sp³-hybridized carbons (Fsp3) is 0.526. The summed E-state index contributed by atoms with van der Waals surface area (Å²) in [6.07, 6.45) is 4.16. The second kappa shape index (κ2) is 9.20. The molecular weight excluding hydrogens is 320 g/mol. The van der Waals surface area contributed by atoms with Gasteiger partial charge in [0.25, 0.3) is 0 Å². The minimum Gasteiger partial charge on any atom is -0.469 e. The third-order valence-electron chi connectivity index (χ3n) is 4.61. The van der Waals surface area contributed by atoms with E-state index >= 15 is 0 Å². The molecule has 136 valence electrons. The maximum absolute atomic E-state index is 12.2. The van der Waals surface area contributed by atoms with Gasteiger partial charge in [0.05, 0.1) is 19.4 Å². The quantitative estimate of drug-likeness (QED) is 0.774. The number of nitrogens with one attached hydrogen (secondary N) is 2. The van der Waals surface area contributed by atoms with Crippen LogP contribution in [0.1, 0.15) is 38.2 Å². The van der Waals surface area contributed by atoms with Crippen molar-refractivity contribution in [3.63, 3.8) is 0 Å². The van der Waals surface area contributed by atoms with E-state index in [0.29, 0.717) is 12.2 Å². The molecule has 1 aromatic rings. The molecule has 0 spiro atoms. The monoisotopic (exact) mass is 346 g/mol. The average Bonchev–Trinajstić information content (AvgIpc) is 2.61. The molecule has 1 saturated carbocycles. The molecule has 0 bridgehead atoms. The molecule has 2 unspecified atom stereocenters. The van der Waals surface area contributed by atoms with Crippen molar-refractivity contribution in [3.8, 4) is 0 Å². The zero-order valence-corrected chi connectivity index (χ0v) is 14.8. The Hall–Kier alpha value is -2.37. The van der Waals surface area contributed by atoms with Crippen molar-refractivity contribution < 1.29 is 19.1 Å². The van der Waals surface area contributed by atoms with Crippen molar-refractivity contribution >= 4 is 23.5 Å². The summed E-state index contributed by atoms with van der Waals surface area (Å²) in [6, 6.07) is 7.20. The zero-order valence-electron chi connectivity index (χ0n) is 14.8. The molecule has 1 aliphatic rings. The lowest BCUT2D eigenvalue weighted by atomic mass is 9.79. The summed E-state index contributed by atoms with van der Waals surface area (Å²) < 4.78 is 4.88. The van der Waals surface area contributed by atoms with Gasteiger partial charge < -0.3 is 15.4 Å². The fourth-order valence-electron chi connectivity index (χ4n) is 3.32. The Morgan fingerprint density at radius 3 is 2.44 bits per heavy atom. The van der Waals surface area contributed by atoms with E-state index in [1.165, 1.54) is 14.0 Å². The highest BCUT2D eigenvalue weighted by atomic mass is 16.5. The molecule has 2 rings (SSSR count). The number of benzene rings is 1. The minimum absolute atomic E-state index is 0.0681. The van der Waals surface area contributed by atoms with Gasteiger partial charge >= 0.3 is 5.97 Å². The van der Waals surface area contributed by atoms with Crippen LogP contribution in [-0.4, -0.2) is 31.4 Å². The topological polar surface area (TPSA) is 84.5 Å². The van der Waals surface area contributed by atoms with Crippen LogP contribution in [0.2, 0.25) is 0 Å². The molecule has 2 atom stereocenters. The van der Waals surface area contributed by atoms with Gasteiger partial charge in [0, 0.05) is 19.2 Å². The smallest absolute Gasteiger partial charge is 0.309 e. The highest BCUT2D eigenvalue weighted by Gasteiger charge is 2.31. The van der Waals surface area contributed by atoms with Crippen LogP contribution < -0.4 is 10.6 Å². The summed E-state index contributed by atoms with van der Waals surface area (Å²) in [4.78, 5) is 35.0. The lowest BCUT2D eigenvalue weighted by Crippen LogP contribution is -2.38. The Bertz CT molecular complexity index is 612. The van der Waals surface area contributed by atoms with Gasteiger partial charge in [-0.25, -0.2) is 0 Å². The van der Waals surface area contributed by atoms with Crippen LogP contribution in [0.5, 0.6) is 0 Å². The lowest BCUT2D eigenvalue weighted by Gasteiger charge is -2.29. The molecule has 2 amide bonds. The summed E-state index contributed by atoms with van der Waals surface area (Å²) in [7, 11) is 1.41. The van der Waals surface area contributed by atoms with E-state index in [1.54, 1.807) is 12.1 Å². The molecule has 1 fully saturated rings. The summed E-state index contributed by atoms with van der Waals surface area (Å²) in [6.45, 7) is 1.96. The van der Waals surface area contributed by atoms with Crippen LogP contribution in [0.15, 0.2) is 24.3 Å². The largest absolute Gasteiger partial charge is 0.469 e. The number of rotatable bonds is 6. The van der Waals surface area contributed by atoms with E-state index in [0.717, 1.165) is 31.2 Å². The molecule has 1 aliphatic carbocycles. The van der Waals surface area contributed by atoms with E-state index in [1.807, 2.05) is 12.1 Å². The predicted molar refractivity (Wildman–Crippen MR) is 94.9 cm³/mol. The Morgan fingerprint density at radius 1 is 1.12 bits per heavy atom. The Kier molecular flexibility index (Phi) is 6.98. The van der Waals surface area contributed by atoms with Gasteiger partial charge in [0.15, 0.2) is 0 Å². The second-order valence-corrected chi connectivity index (χ2v) is 6.53. The standard InChI is InChI=1S/C19H26N2O4/c1-13(22)21-16-9-7-14(8-10-16)11-18(23)20-12-15-5-3-4-6-17(15)19(24)25-2/h7-10,15,17H,3-6,11-12H2,1-2H3,(H,20,23)(H,21,22). The Morgan fingerprint density at radius 2 is 1.80 bits per heavy atom. The first-order chi connectivity index (χ1) is 12.0. The molecule has 0 aliphatic heterocycles. The maximum Gasteiger partial charge on any atom is 0.309 e. The van der Waals surface area contributed by atoms with Crippen LogP contribution in [0.3, 0.4) is 0 Å². The van der Waals surface area contributed by atoms with E-state index in [9.17, 15) is 14.4 Å². The average molecular weight is 346 g/mol. The van der Waals surface area contributed by atoms with Crippen LogP contribution in [0.25, 0.3) is 0 Å². The summed E-state index contributed by atoms with van der Waals surface area (Å²) >= 11 is 0. The summed E-state index contributed by atoms with van der Waals surface area (Å²) in [5.74, 6) is -0.338. The van der Waals surface area contributed by atoms with Crippen molar-refractivity contribution in [3.05, 3.63) is 29.8 Å². The molecular formula is C19H26N2O4. The third-order valence-corrected chi connectivity index (χ3v) is 4.61. The van der Waals surface area contributed by atoms with Crippen molar-refractivity contribution in [2.75, 3.05) is 19.0 Å². The number of ether oxygens (including phenoxy) is 1. The second-order valence-electron chi connectivity index (χ2n) is 6.53. The van der Waals surface area contributed by atoms with Gasteiger partial charge in [-0.1, -0.05) is 25.0 Å². The van der Waals surface area contributed by atoms with Gasteiger partial charge in [0.1, 0.15) is 0 Å². The van der Waals surface area contributed by atoms with Crippen molar-refractivity contribution in [1.82, 2.24) is 5.32 Å². The molecule has 2 N–H and O–H groups in total. The first kappa shape index (κ1) is 19.0. The number of amides is 2. The minimum atomic E-state index is -0.174. The van der Waals surface area contributed by atoms with Crippen LogP contribution in [-0.2, 0) is 25.5 Å². The molecule has 0 aromatic heterocycles. The number of hydrogen-bond donors (Lipinski definition) is 2. The number of esters is 1. The number of methoxy groups -OCH3 is 1. The lowest BCUT2D eigenvalue weighted by molar-refractivity contribution is -0.148. The predicted octanol–water partition coefficient (Wildman–Crippen LogP) is 2.28. The Balaban J connectivity index is 1.83. The molecule has 25 heavy (non-hydrogen) atoms. The number of hydrogen-bond acceptors (Lipinski definition) is 4. The maximum atomic E-state index is 12.2. The van der Waals surface area contributed by atoms with Crippen molar-refractivity contribution in [2.45, 2.75) is 39.0 Å². The van der Waals surface area contributed by atoms with Gasteiger partial charge in [-0.2, -0.15) is 0 Å². The molecule has 0 radical (unpaired) electrons. The number of carbonyl (C=O) groups excluding carboxylic acids is 3. The van der Waals surface area contributed by atoms with E-state index in [2.05, 4.69) is 10.6 Å². The fourth-order valence-corrected chi connectivity index (χ4v) is 3.32.